The molecule has 0 fully saturated rings. The van der Waals surface area contributed by atoms with Gasteiger partial charge in [-0.3, -0.25) is 4.79 Å². The Hall–Kier alpha value is -5.06. The van der Waals surface area contributed by atoms with E-state index in [1.165, 1.54) is 0 Å². The maximum absolute atomic E-state index is 12.5. The number of H-pyrrole nitrogens is 1. The van der Waals surface area contributed by atoms with Crippen LogP contribution in [0.4, 0.5) is 29.0 Å². The van der Waals surface area contributed by atoms with Crippen molar-refractivity contribution in [3.8, 4) is 0 Å². The van der Waals surface area contributed by atoms with Gasteiger partial charge in [0.25, 0.3) is 11.9 Å². The number of hydrazone groups is 2. The highest BCUT2D eigenvalue weighted by atomic mass is 16.2. The number of carbonyl (C=O) groups is 1. The number of para-hydroxylation sites is 2. The van der Waals surface area contributed by atoms with Crippen molar-refractivity contribution >= 4 is 46.8 Å². The molecule has 4 aromatic rings. The summed E-state index contributed by atoms with van der Waals surface area (Å²) in [5, 5.41) is 23.5. The molecule has 0 saturated carbocycles. The number of anilines is 5. The topological polar surface area (TPSA) is 144 Å². The van der Waals surface area contributed by atoms with Crippen LogP contribution in [0, 0.1) is 5.41 Å². The minimum Gasteiger partial charge on any atom is -0.357 e. The highest BCUT2D eigenvalue weighted by Crippen LogP contribution is 2.36. The Bertz CT molecular complexity index is 1570. The minimum atomic E-state index is -0.239. The zero-order valence-corrected chi connectivity index (χ0v) is 20.9. The van der Waals surface area contributed by atoms with Gasteiger partial charge in [-0.25, -0.2) is 10.9 Å². The van der Waals surface area contributed by atoms with Crippen LogP contribution in [0.2, 0.25) is 0 Å². The van der Waals surface area contributed by atoms with Gasteiger partial charge in [0, 0.05) is 16.8 Å². The molecule has 0 radical (unpaired) electrons. The van der Waals surface area contributed by atoms with Gasteiger partial charge < -0.3 is 15.6 Å². The van der Waals surface area contributed by atoms with Gasteiger partial charge in [0.05, 0.1) is 29.0 Å². The van der Waals surface area contributed by atoms with E-state index in [1.54, 1.807) is 18.3 Å². The molecular weight excluding hydrogens is 480 g/mol. The smallest absolute Gasteiger partial charge is 0.271 e. The molecule has 0 spiro atoms. The molecular formula is C27H26N10O. The molecule has 3 heterocycles. The Morgan fingerprint density at radius 2 is 1.71 bits per heavy atom. The minimum absolute atomic E-state index is 0.0108. The molecule has 190 valence electrons. The zero-order chi connectivity index (χ0) is 26.1. The molecule has 2 aromatic heterocycles. The number of amides is 1. The largest absolute Gasteiger partial charge is 0.357 e. The van der Waals surface area contributed by atoms with E-state index in [-0.39, 0.29) is 17.3 Å². The monoisotopic (exact) mass is 506 g/mol. The molecule has 0 saturated heterocycles. The number of rotatable bonds is 5. The second-order valence-corrected chi connectivity index (χ2v) is 10.00. The Labute approximate surface area is 218 Å². The standard InChI is InChI=1S/C27H26N10O/c1-27(2)13-21-18(22(14-27)33-35-25(38)16-8-4-3-5-9-16)12-17(29-21)15-28-36-26-32-23-24(34-37-26)31-20-11-7-6-10-19(20)30-23/h3-12,15,29H,13-14H2,1-2H3,(H,31,34)(H,35,38)(H2,30,32,36,37)/b28-15+,33-22+. The van der Waals surface area contributed by atoms with Gasteiger partial charge in [-0.05, 0) is 48.6 Å². The number of nitrogens with one attached hydrogen (secondary N) is 5. The first kappa shape index (κ1) is 23.3. The third-order valence-electron chi connectivity index (χ3n) is 6.35. The van der Waals surface area contributed by atoms with E-state index in [0.29, 0.717) is 17.2 Å². The highest BCUT2D eigenvalue weighted by molar-refractivity contribution is 6.05. The van der Waals surface area contributed by atoms with Crippen LogP contribution in [0.3, 0.4) is 0 Å². The third-order valence-corrected chi connectivity index (χ3v) is 6.35. The molecule has 0 bridgehead atoms. The Kier molecular flexibility index (Phi) is 5.79. The van der Waals surface area contributed by atoms with Gasteiger partial charge in [-0.2, -0.15) is 15.2 Å². The van der Waals surface area contributed by atoms with E-state index >= 15 is 0 Å². The Morgan fingerprint density at radius 1 is 0.974 bits per heavy atom. The molecule has 11 heteroatoms. The molecule has 2 aromatic carbocycles. The van der Waals surface area contributed by atoms with Gasteiger partial charge in [-0.15, -0.1) is 10.2 Å². The summed E-state index contributed by atoms with van der Waals surface area (Å²) >= 11 is 0. The Morgan fingerprint density at radius 3 is 2.50 bits per heavy atom. The summed E-state index contributed by atoms with van der Waals surface area (Å²) in [6.45, 7) is 4.37. The second-order valence-electron chi connectivity index (χ2n) is 10.00. The van der Waals surface area contributed by atoms with E-state index in [9.17, 15) is 4.79 Å². The number of benzene rings is 2. The van der Waals surface area contributed by atoms with Crippen LogP contribution in [-0.4, -0.2) is 38.0 Å². The first-order valence-electron chi connectivity index (χ1n) is 12.2. The van der Waals surface area contributed by atoms with Crippen molar-refractivity contribution in [2.45, 2.75) is 26.7 Å². The first-order chi connectivity index (χ1) is 18.4. The summed E-state index contributed by atoms with van der Waals surface area (Å²) in [7, 11) is 0. The van der Waals surface area contributed by atoms with Crippen LogP contribution in [-0.2, 0) is 6.42 Å². The summed E-state index contributed by atoms with van der Waals surface area (Å²) < 4.78 is 0. The molecule has 1 amide bonds. The van der Waals surface area contributed by atoms with Crippen molar-refractivity contribution in [3.63, 3.8) is 0 Å². The lowest BCUT2D eigenvalue weighted by molar-refractivity contribution is 0.0954. The maximum Gasteiger partial charge on any atom is 0.271 e. The fourth-order valence-electron chi connectivity index (χ4n) is 4.61. The lowest BCUT2D eigenvalue weighted by Gasteiger charge is -2.30. The van der Waals surface area contributed by atoms with Gasteiger partial charge >= 0.3 is 0 Å². The second kappa shape index (κ2) is 9.43. The predicted molar refractivity (Wildman–Crippen MR) is 147 cm³/mol. The number of nitrogens with zero attached hydrogens (tertiary/aromatic N) is 5. The lowest BCUT2D eigenvalue weighted by Crippen LogP contribution is -2.29. The maximum atomic E-state index is 12.5. The van der Waals surface area contributed by atoms with Gasteiger partial charge in [0.2, 0.25) is 0 Å². The lowest BCUT2D eigenvalue weighted by atomic mass is 9.76. The number of aromatic nitrogens is 4. The quantitative estimate of drug-likeness (QED) is 0.174. The summed E-state index contributed by atoms with van der Waals surface area (Å²) in [6.07, 6.45) is 3.25. The molecule has 0 atom stereocenters. The van der Waals surface area contributed by atoms with E-state index in [4.69, 9.17) is 0 Å². The predicted octanol–water partition coefficient (Wildman–Crippen LogP) is 4.55. The van der Waals surface area contributed by atoms with Crippen LogP contribution in [0.25, 0.3) is 0 Å². The van der Waals surface area contributed by atoms with Crippen molar-refractivity contribution in [3.05, 3.63) is 83.2 Å². The summed E-state index contributed by atoms with van der Waals surface area (Å²) in [5.41, 5.74) is 11.6. The van der Waals surface area contributed by atoms with E-state index in [2.05, 4.69) is 65.7 Å². The number of hydrogen-bond acceptors (Lipinski definition) is 9. The van der Waals surface area contributed by atoms with Crippen molar-refractivity contribution in [2.75, 3.05) is 16.1 Å². The average molecular weight is 507 g/mol. The summed E-state index contributed by atoms with van der Waals surface area (Å²) in [5.74, 6) is 1.13. The van der Waals surface area contributed by atoms with E-state index in [1.807, 2.05) is 48.5 Å². The van der Waals surface area contributed by atoms with Crippen LogP contribution in [0.5, 0.6) is 0 Å². The van der Waals surface area contributed by atoms with Crippen LogP contribution in [0.1, 0.15) is 47.6 Å². The van der Waals surface area contributed by atoms with Crippen molar-refractivity contribution < 1.29 is 4.79 Å². The van der Waals surface area contributed by atoms with Gasteiger partial charge in [0.1, 0.15) is 0 Å². The molecule has 2 aliphatic rings. The third kappa shape index (κ3) is 4.81. The van der Waals surface area contributed by atoms with Crippen LogP contribution in [0.15, 0.2) is 70.9 Å². The van der Waals surface area contributed by atoms with Crippen molar-refractivity contribution in [1.29, 1.82) is 0 Å². The molecule has 5 N–H and O–H groups in total. The summed E-state index contributed by atoms with van der Waals surface area (Å²) in [4.78, 5) is 20.4. The van der Waals surface area contributed by atoms with E-state index < -0.39 is 0 Å². The van der Waals surface area contributed by atoms with E-state index in [0.717, 1.165) is 46.9 Å². The molecule has 0 unspecified atom stereocenters. The number of aromatic amines is 1. The van der Waals surface area contributed by atoms with Crippen molar-refractivity contribution in [1.82, 2.24) is 25.6 Å². The summed E-state index contributed by atoms with van der Waals surface area (Å²) in [6, 6.07) is 18.8. The number of carbonyl (C=O) groups excluding carboxylic acids is 1. The Balaban J connectivity index is 1.17. The molecule has 1 aliphatic heterocycles. The fourth-order valence-corrected chi connectivity index (χ4v) is 4.61. The zero-order valence-electron chi connectivity index (χ0n) is 20.9. The number of hydrogen-bond donors (Lipinski definition) is 5. The normalized spacial score (nSPS) is 16.1. The van der Waals surface area contributed by atoms with Crippen LogP contribution >= 0.6 is 0 Å². The molecule has 1 aliphatic carbocycles. The van der Waals surface area contributed by atoms with Gasteiger partial charge in [0.15, 0.2) is 11.6 Å². The average Bonchev–Trinajstić information content (AvgIpc) is 3.32. The number of fused-ring (bicyclic) bond motifs is 3. The highest BCUT2D eigenvalue weighted by Gasteiger charge is 2.31. The van der Waals surface area contributed by atoms with Crippen molar-refractivity contribution in [2.24, 2.45) is 15.6 Å². The molecule has 38 heavy (non-hydrogen) atoms. The molecule has 11 nitrogen and oxygen atoms in total. The van der Waals surface area contributed by atoms with Gasteiger partial charge in [-0.1, -0.05) is 44.2 Å². The first-order valence-corrected chi connectivity index (χ1v) is 12.2. The molecule has 6 rings (SSSR count). The SMILES string of the molecule is CC1(C)C/C(=N\NC(=O)c2ccccc2)c2cc(/C=N/Nc3nnc4c(n3)Nc3ccccc3N4)[nH]c2C1. The van der Waals surface area contributed by atoms with Crippen LogP contribution < -0.4 is 21.5 Å². The fraction of sp³-hybridized carbons (Fsp3) is 0.185.